The van der Waals surface area contributed by atoms with Gasteiger partial charge in [-0.05, 0) is 19.9 Å². The van der Waals surface area contributed by atoms with Crippen molar-refractivity contribution in [2.75, 3.05) is 7.11 Å². The Morgan fingerprint density at radius 1 is 1.20 bits per heavy atom. The minimum absolute atomic E-state index is 0.159. The van der Waals surface area contributed by atoms with E-state index in [0.29, 0.717) is 0 Å². The van der Waals surface area contributed by atoms with Crippen LogP contribution in [0.5, 0.6) is 11.5 Å². The Morgan fingerprint density at radius 2 is 1.87 bits per heavy atom. The molecule has 1 aromatic rings. The molecular formula is C13H19O2. The molecule has 0 saturated carbocycles. The van der Waals surface area contributed by atoms with Crippen LogP contribution < -0.4 is 9.47 Å². The Balaban J connectivity index is 3.10. The van der Waals surface area contributed by atoms with Gasteiger partial charge in [-0.15, -0.1) is 0 Å². The molecule has 0 fully saturated rings. The molecule has 1 aromatic carbocycles. The maximum Gasteiger partial charge on any atom is 0.164 e. The fourth-order valence-corrected chi connectivity index (χ4v) is 1.47. The highest BCUT2D eigenvalue weighted by Crippen LogP contribution is 2.35. The summed E-state index contributed by atoms with van der Waals surface area (Å²) in [5, 5.41) is 0. The first kappa shape index (κ1) is 11.9. The second kappa shape index (κ2) is 5.06. The Bertz CT molecular complexity index is 316. The zero-order valence-corrected chi connectivity index (χ0v) is 10.1. The lowest BCUT2D eigenvalue weighted by Gasteiger charge is -2.17. The molecule has 0 aliphatic rings. The van der Waals surface area contributed by atoms with Gasteiger partial charge in [0.05, 0.1) is 13.2 Å². The molecular weight excluding hydrogens is 188 g/mol. The average molecular weight is 207 g/mol. The van der Waals surface area contributed by atoms with Gasteiger partial charge in [0, 0.05) is 11.5 Å². The summed E-state index contributed by atoms with van der Waals surface area (Å²) in [7, 11) is 1.68. The molecule has 0 atom stereocenters. The third-order valence-electron chi connectivity index (χ3n) is 2.08. The fraction of sp³-hybridized carbons (Fsp3) is 0.462. The molecule has 0 bridgehead atoms. The number of hydrogen-bond acceptors (Lipinski definition) is 2. The van der Waals surface area contributed by atoms with Crippen LogP contribution in [0, 0.1) is 5.92 Å². The van der Waals surface area contributed by atoms with Crippen LogP contribution in [0.1, 0.15) is 33.3 Å². The van der Waals surface area contributed by atoms with E-state index in [1.165, 1.54) is 5.92 Å². The number of para-hydroxylation sites is 1. The Hall–Kier alpha value is -1.18. The largest absolute Gasteiger partial charge is 0.493 e. The maximum absolute atomic E-state index is 5.69. The third-order valence-corrected chi connectivity index (χ3v) is 2.08. The molecule has 0 aromatic heterocycles. The van der Waals surface area contributed by atoms with Crippen LogP contribution in [0.2, 0.25) is 0 Å². The van der Waals surface area contributed by atoms with E-state index >= 15 is 0 Å². The molecule has 1 radical (unpaired) electrons. The lowest BCUT2D eigenvalue weighted by Crippen LogP contribution is -2.08. The van der Waals surface area contributed by atoms with Gasteiger partial charge < -0.3 is 9.47 Å². The molecule has 0 aliphatic carbocycles. The predicted octanol–water partition coefficient (Wildman–Crippen LogP) is 3.44. The van der Waals surface area contributed by atoms with Crippen LogP contribution in [0.25, 0.3) is 0 Å². The van der Waals surface area contributed by atoms with E-state index in [1.807, 2.05) is 32.0 Å². The van der Waals surface area contributed by atoms with E-state index in [9.17, 15) is 0 Å². The zero-order valence-electron chi connectivity index (χ0n) is 10.1. The van der Waals surface area contributed by atoms with Crippen LogP contribution in [0.3, 0.4) is 0 Å². The summed E-state index contributed by atoms with van der Waals surface area (Å²) in [5.74, 6) is 2.86. The van der Waals surface area contributed by atoms with Crippen molar-refractivity contribution >= 4 is 0 Å². The van der Waals surface area contributed by atoms with Crippen molar-refractivity contribution in [3.05, 3.63) is 29.7 Å². The van der Waals surface area contributed by atoms with Crippen LogP contribution >= 0.6 is 0 Å². The highest BCUT2D eigenvalue weighted by Gasteiger charge is 2.13. The van der Waals surface area contributed by atoms with Gasteiger partial charge in [-0.2, -0.15) is 0 Å². The van der Waals surface area contributed by atoms with Crippen molar-refractivity contribution in [2.24, 2.45) is 0 Å². The number of hydrogen-bond donors (Lipinski definition) is 0. The van der Waals surface area contributed by atoms with Gasteiger partial charge in [0.1, 0.15) is 0 Å². The normalized spacial score (nSPS) is 10.9. The molecule has 0 N–H and O–H groups in total. The van der Waals surface area contributed by atoms with Gasteiger partial charge in [-0.3, -0.25) is 0 Å². The molecule has 0 unspecified atom stereocenters. The second-order valence-corrected chi connectivity index (χ2v) is 4.00. The van der Waals surface area contributed by atoms with Gasteiger partial charge in [-0.25, -0.2) is 0 Å². The smallest absolute Gasteiger partial charge is 0.164 e. The first-order chi connectivity index (χ1) is 7.06. The minimum atomic E-state index is 0.159. The molecule has 1 rings (SSSR count). The van der Waals surface area contributed by atoms with E-state index in [0.717, 1.165) is 17.1 Å². The highest BCUT2D eigenvalue weighted by atomic mass is 16.5. The quantitative estimate of drug-likeness (QED) is 0.753. The summed E-state index contributed by atoms with van der Waals surface area (Å²) in [6.07, 6.45) is 0.159. The van der Waals surface area contributed by atoms with Crippen molar-refractivity contribution < 1.29 is 9.47 Å². The maximum atomic E-state index is 5.69. The van der Waals surface area contributed by atoms with Crippen molar-refractivity contribution in [1.29, 1.82) is 0 Å². The van der Waals surface area contributed by atoms with Crippen molar-refractivity contribution in [2.45, 2.75) is 33.8 Å². The van der Waals surface area contributed by atoms with Crippen molar-refractivity contribution in [3.8, 4) is 11.5 Å². The molecule has 0 saturated heterocycles. The van der Waals surface area contributed by atoms with E-state index < -0.39 is 0 Å². The van der Waals surface area contributed by atoms with Crippen molar-refractivity contribution in [3.63, 3.8) is 0 Å². The monoisotopic (exact) mass is 207 g/mol. The van der Waals surface area contributed by atoms with Gasteiger partial charge in [0.25, 0.3) is 0 Å². The van der Waals surface area contributed by atoms with Gasteiger partial charge in [0.2, 0.25) is 0 Å². The molecule has 2 nitrogen and oxygen atoms in total. The number of rotatable bonds is 4. The standard InChI is InChI=1S/C13H19O2/c1-9(2)11-7-6-8-12(13(11)14-5)15-10(3)4/h6-8,10H,1-5H3. The van der Waals surface area contributed by atoms with Gasteiger partial charge in [-0.1, -0.05) is 26.0 Å². The van der Waals surface area contributed by atoms with Gasteiger partial charge >= 0.3 is 0 Å². The third kappa shape index (κ3) is 2.88. The SMILES string of the molecule is COc1c(OC(C)C)cccc1[C](C)C. The first-order valence-electron chi connectivity index (χ1n) is 5.20. The second-order valence-electron chi connectivity index (χ2n) is 4.00. The van der Waals surface area contributed by atoms with Crippen LogP contribution in [-0.2, 0) is 0 Å². The Labute approximate surface area is 92.2 Å². The molecule has 15 heavy (non-hydrogen) atoms. The van der Waals surface area contributed by atoms with E-state index in [-0.39, 0.29) is 6.10 Å². The summed E-state index contributed by atoms with van der Waals surface area (Å²) < 4.78 is 11.1. The lowest BCUT2D eigenvalue weighted by molar-refractivity contribution is 0.229. The van der Waals surface area contributed by atoms with Gasteiger partial charge in [0.15, 0.2) is 11.5 Å². The molecule has 0 spiro atoms. The summed E-state index contributed by atoms with van der Waals surface area (Å²) >= 11 is 0. The first-order valence-corrected chi connectivity index (χ1v) is 5.20. The number of methoxy groups -OCH3 is 1. The zero-order chi connectivity index (χ0) is 11.4. The molecule has 2 heteroatoms. The topological polar surface area (TPSA) is 18.5 Å². The summed E-state index contributed by atoms with van der Waals surface area (Å²) in [5.41, 5.74) is 1.11. The summed E-state index contributed by atoms with van der Waals surface area (Å²) in [6.45, 7) is 8.15. The van der Waals surface area contributed by atoms with Crippen molar-refractivity contribution in [1.82, 2.24) is 0 Å². The molecule has 0 aliphatic heterocycles. The average Bonchev–Trinajstić information content (AvgIpc) is 2.16. The molecule has 0 heterocycles. The van der Waals surface area contributed by atoms with Crippen LogP contribution in [-0.4, -0.2) is 13.2 Å². The Kier molecular flexibility index (Phi) is 4.01. The Morgan fingerprint density at radius 3 is 2.33 bits per heavy atom. The molecule has 83 valence electrons. The highest BCUT2D eigenvalue weighted by molar-refractivity contribution is 5.51. The predicted molar refractivity (Wildman–Crippen MR) is 62.5 cm³/mol. The van der Waals surface area contributed by atoms with E-state index in [2.05, 4.69) is 13.8 Å². The molecule has 0 amide bonds. The van der Waals surface area contributed by atoms with E-state index in [1.54, 1.807) is 7.11 Å². The fourth-order valence-electron chi connectivity index (χ4n) is 1.47. The van der Waals surface area contributed by atoms with Crippen LogP contribution in [0.15, 0.2) is 18.2 Å². The summed E-state index contributed by atoms with van der Waals surface area (Å²) in [6, 6.07) is 5.97. The number of ether oxygens (including phenoxy) is 2. The number of benzene rings is 1. The lowest BCUT2D eigenvalue weighted by atomic mass is 10.0. The minimum Gasteiger partial charge on any atom is -0.493 e. The van der Waals surface area contributed by atoms with Crippen LogP contribution in [0.4, 0.5) is 0 Å². The van der Waals surface area contributed by atoms with E-state index in [4.69, 9.17) is 9.47 Å². The summed E-state index contributed by atoms with van der Waals surface area (Å²) in [4.78, 5) is 0.